The number of aryl methyl sites for hydroxylation is 1. The van der Waals surface area contributed by atoms with Crippen LogP contribution in [0.2, 0.25) is 10.0 Å². The maximum atomic E-state index is 13.1. The van der Waals surface area contributed by atoms with E-state index in [1.54, 1.807) is 36.3 Å². The van der Waals surface area contributed by atoms with Crippen LogP contribution in [0.3, 0.4) is 0 Å². The molecule has 1 atom stereocenters. The molecule has 0 radical (unpaired) electrons. The smallest absolute Gasteiger partial charge is 0.273 e. The Balaban J connectivity index is 1.89. The molecule has 1 aliphatic rings. The molecular weight excluding hydrogens is 413 g/mol. The Labute approximate surface area is 178 Å². The predicted octanol–water partition coefficient (Wildman–Crippen LogP) is 4.59. The molecule has 0 aliphatic carbocycles. The monoisotopic (exact) mass is 431 g/mol. The highest BCUT2D eigenvalue weighted by atomic mass is 35.5. The van der Waals surface area contributed by atoms with E-state index >= 15 is 0 Å². The number of nitrogens with one attached hydrogen (secondary N) is 1. The van der Waals surface area contributed by atoms with Crippen LogP contribution in [0.25, 0.3) is 11.3 Å². The van der Waals surface area contributed by atoms with Crippen molar-refractivity contribution in [1.82, 2.24) is 15.1 Å². The summed E-state index contributed by atoms with van der Waals surface area (Å²) in [6, 6.07) is 10.2. The average molecular weight is 432 g/mol. The summed E-state index contributed by atoms with van der Waals surface area (Å²) in [6.45, 7) is 2.61. The first-order chi connectivity index (χ1) is 13.9. The molecule has 29 heavy (non-hydrogen) atoms. The van der Waals surface area contributed by atoms with Gasteiger partial charge in [0.05, 0.1) is 12.6 Å². The number of amides is 1. The molecule has 1 aliphatic heterocycles. The zero-order valence-corrected chi connectivity index (χ0v) is 17.4. The number of nitrogens with zero attached hydrogens (tertiary/aromatic N) is 2. The number of ether oxygens (including phenoxy) is 1. The molecule has 1 amide bonds. The molecule has 1 unspecified atom stereocenters. The molecule has 0 spiro atoms. The molecule has 3 aromatic rings. The third-order valence-electron chi connectivity index (χ3n) is 5.12. The fourth-order valence-electron chi connectivity index (χ4n) is 3.67. The molecule has 0 fully saturated rings. The largest absolute Gasteiger partial charge is 0.507 e. The number of aromatic amines is 1. The van der Waals surface area contributed by atoms with E-state index in [0.29, 0.717) is 45.7 Å². The SMILES string of the molecule is COCCN1C(=O)c2[nH]nc(-c3cc(Cl)c(C)cc3O)c2C1c1ccc(Cl)cc1. The number of fused-ring (bicyclic) bond motifs is 1. The zero-order valence-electron chi connectivity index (χ0n) is 15.9. The highest BCUT2D eigenvalue weighted by Gasteiger charge is 2.42. The summed E-state index contributed by atoms with van der Waals surface area (Å²) in [7, 11) is 1.59. The van der Waals surface area contributed by atoms with Crippen molar-refractivity contribution < 1.29 is 14.6 Å². The van der Waals surface area contributed by atoms with Crippen LogP contribution >= 0.6 is 23.2 Å². The van der Waals surface area contributed by atoms with Crippen LogP contribution in [0.15, 0.2) is 36.4 Å². The van der Waals surface area contributed by atoms with E-state index in [0.717, 1.165) is 11.1 Å². The van der Waals surface area contributed by atoms with Crippen molar-refractivity contribution in [1.29, 1.82) is 0 Å². The van der Waals surface area contributed by atoms with E-state index < -0.39 is 6.04 Å². The Morgan fingerprint density at radius 2 is 1.97 bits per heavy atom. The molecule has 4 rings (SSSR count). The number of aromatic hydroxyl groups is 1. The van der Waals surface area contributed by atoms with Crippen molar-refractivity contribution in [2.45, 2.75) is 13.0 Å². The van der Waals surface area contributed by atoms with Crippen molar-refractivity contribution in [2.24, 2.45) is 0 Å². The van der Waals surface area contributed by atoms with Gasteiger partial charge in [-0.2, -0.15) is 5.10 Å². The number of phenols is 1. The fraction of sp³-hybridized carbons (Fsp3) is 0.238. The second-order valence-corrected chi connectivity index (χ2v) is 7.77. The molecule has 2 N–H and O–H groups in total. The molecule has 8 heteroatoms. The molecule has 0 saturated heterocycles. The van der Waals surface area contributed by atoms with Crippen LogP contribution in [0.1, 0.15) is 33.2 Å². The van der Waals surface area contributed by atoms with Gasteiger partial charge in [0.2, 0.25) is 0 Å². The lowest BCUT2D eigenvalue weighted by Gasteiger charge is -2.26. The number of rotatable bonds is 5. The molecule has 1 aromatic heterocycles. The lowest BCUT2D eigenvalue weighted by molar-refractivity contribution is 0.0677. The number of hydrogen-bond acceptors (Lipinski definition) is 4. The van der Waals surface area contributed by atoms with Gasteiger partial charge in [-0.25, -0.2) is 0 Å². The van der Waals surface area contributed by atoms with Crippen LogP contribution in [-0.2, 0) is 4.74 Å². The van der Waals surface area contributed by atoms with E-state index in [-0.39, 0.29) is 11.7 Å². The number of hydrogen-bond donors (Lipinski definition) is 2. The van der Waals surface area contributed by atoms with E-state index in [2.05, 4.69) is 10.2 Å². The van der Waals surface area contributed by atoms with Gasteiger partial charge in [0.1, 0.15) is 17.1 Å². The quantitative estimate of drug-likeness (QED) is 0.618. The lowest BCUT2D eigenvalue weighted by atomic mass is 9.95. The number of benzene rings is 2. The van der Waals surface area contributed by atoms with Crippen LogP contribution in [0, 0.1) is 6.92 Å². The van der Waals surface area contributed by atoms with Crippen LogP contribution in [-0.4, -0.2) is 46.4 Å². The van der Waals surface area contributed by atoms with E-state index in [9.17, 15) is 9.90 Å². The van der Waals surface area contributed by atoms with Gasteiger partial charge >= 0.3 is 0 Å². The van der Waals surface area contributed by atoms with E-state index in [4.69, 9.17) is 27.9 Å². The Morgan fingerprint density at radius 1 is 1.24 bits per heavy atom. The third-order valence-corrected chi connectivity index (χ3v) is 5.78. The summed E-state index contributed by atoms with van der Waals surface area (Å²) in [4.78, 5) is 14.8. The van der Waals surface area contributed by atoms with Crippen LogP contribution in [0.4, 0.5) is 0 Å². The molecule has 2 heterocycles. The minimum absolute atomic E-state index is 0.0545. The van der Waals surface area contributed by atoms with Gasteiger partial charge in [0.15, 0.2) is 0 Å². The number of methoxy groups -OCH3 is 1. The third kappa shape index (κ3) is 3.37. The molecule has 6 nitrogen and oxygen atoms in total. The Kier molecular flexibility index (Phi) is 5.25. The number of phenolic OH excluding ortho intramolecular Hbond substituents is 1. The van der Waals surface area contributed by atoms with E-state index in [1.165, 1.54) is 0 Å². The average Bonchev–Trinajstić information content (AvgIpc) is 3.23. The minimum atomic E-state index is -0.391. The van der Waals surface area contributed by atoms with Crippen molar-refractivity contribution in [3.63, 3.8) is 0 Å². The first-order valence-corrected chi connectivity index (χ1v) is 9.81. The number of H-pyrrole nitrogens is 1. The Hall–Kier alpha value is -2.54. The molecule has 2 aromatic carbocycles. The fourth-order valence-corrected chi connectivity index (χ4v) is 3.96. The summed E-state index contributed by atoms with van der Waals surface area (Å²) >= 11 is 12.4. The summed E-state index contributed by atoms with van der Waals surface area (Å²) < 4.78 is 5.20. The summed E-state index contributed by atoms with van der Waals surface area (Å²) in [5, 5.41) is 18.9. The highest BCUT2D eigenvalue weighted by molar-refractivity contribution is 6.31. The number of carbonyl (C=O) groups excluding carboxylic acids is 1. The minimum Gasteiger partial charge on any atom is -0.507 e. The maximum absolute atomic E-state index is 13.1. The van der Waals surface area contributed by atoms with Gasteiger partial charge in [0.25, 0.3) is 5.91 Å². The highest BCUT2D eigenvalue weighted by Crippen LogP contribution is 2.45. The summed E-state index contributed by atoms with van der Waals surface area (Å²) in [5.74, 6) is -0.118. The van der Waals surface area contributed by atoms with E-state index in [1.807, 2.05) is 19.1 Å². The van der Waals surface area contributed by atoms with Crippen molar-refractivity contribution in [3.05, 3.63) is 68.8 Å². The molecule has 0 bridgehead atoms. The summed E-state index contributed by atoms with van der Waals surface area (Å²) in [6.07, 6.45) is 0. The molecular formula is C21H19Cl2N3O3. The zero-order chi connectivity index (χ0) is 20.7. The Morgan fingerprint density at radius 3 is 2.66 bits per heavy atom. The topological polar surface area (TPSA) is 78.5 Å². The number of aromatic nitrogens is 2. The summed E-state index contributed by atoms with van der Waals surface area (Å²) in [5.41, 5.74) is 3.70. The molecule has 150 valence electrons. The van der Waals surface area contributed by atoms with Crippen molar-refractivity contribution in [3.8, 4) is 17.0 Å². The lowest BCUT2D eigenvalue weighted by Crippen LogP contribution is -2.32. The second kappa shape index (κ2) is 7.71. The normalized spacial score (nSPS) is 15.8. The maximum Gasteiger partial charge on any atom is 0.273 e. The molecule has 0 saturated carbocycles. The predicted molar refractivity (Wildman–Crippen MR) is 112 cm³/mol. The first-order valence-electron chi connectivity index (χ1n) is 9.05. The van der Waals surface area contributed by atoms with Gasteiger partial charge < -0.3 is 14.7 Å². The first kappa shape index (κ1) is 19.8. The van der Waals surface area contributed by atoms with Crippen molar-refractivity contribution in [2.75, 3.05) is 20.3 Å². The number of halogens is 2. The van der Waals surface area contributed by atoms with Gasteiger partial charge in [-0.3, -0.25) is 9.89 Å². The van der Waals surface area contributed by atoms with Gasteiger partial charge in [-0.15, -0.1) is 0 Å². The van der Waals surface area contributed by atoms with Crippen LogP contribution in [0.5, 0.6) is 5.75 Å². The van der Waals surface area contributed by atoms with Gasteiger partial charge in [-0.05, 0) is 42.3 Å². The van der Waals surface area contributed by atoms with Crippen molar-refractivity contribution >= 4 is 29.1 Å². The second-order valence-electron chi connectivity index (χ2n) is 6.92. The van der Waals surface area contributed by atoms with Gasteiger partial charge in [0, 0.05) is 34.8 Å². The van der Waals surface area contributed by atoms with Crippen LogP contribution < -0.4 is 0 Å². The Bertz CT molecular complexity index is 1080. The number of carbonyl (C=O) groups is 1. The van der Waals surface area contributed by atoms with Gasteiger partial charge in [-0.1, -0.05) is 35.3 Å². The standard InChI is InChI=1S/C21H19Cl2N3O3/c1-11-9-16(27)14(10-15(11)23)18-17-19(25-24-18)21(28)26(7-8-29-2)20(17)12-3-5-13(22)6-4-12/h3-6,9-10,20,27H,7-8H2,1-2H3,(H,24,25).